The van der Waals surface area contributed by atoms with Gasteiger partial charge in [0.1, 0.15) is 0 Å². The molecule has 1 aromatic carbocycles. The van der Waals surface area contributed by atoms with Crippen LogP contribution in [0.5, 0.6) is 11.5 Å². The molecule has 0 amide bonds. The Morgan fingerprint density at radius 2 is 1.91 bits per heavy atom. The molecule has 1 aliphatic carbocycles. The molecule has 0 bridgehead atoms. The van der Waals surface area contributed by atoms with Crippen LogP contribution >= 0.6 is 12.4 Å². The van der Waals surface area contributed by atoms with Gasteiger partial charge in [-0.2, -0.15) is 0 Å². The molecule has 0 heterocycles. The van der Waals surface area contributed by atoms with Crippen molar-refractivity contribution in [2.24, 2.45) is 0 Å². The Bertz CT molecular complexity index is 537. The fraction of sp³-hybridized carbons (Fsp3) is 0.562. The summed E-state index contributed by atoms with van der Waals surface area (Å²) in [6.45, 7) is 0.291. The minimum atomic E-state index is -0.986. The Hall–Kier alpha value is -1.50. The molecule has 23 heavy (non-hydrogen) atoms. The van der Waals surface area contributed by atoms with Crippen molar-refractivity contribution in [3.63, 3.8) is 0 Å². The van der Waals surface area contributed by atoms with Crippen molar-refractivity contribution in [3.05, 3.63) is 23.3 Å². The molecule has 130 valence electrons. The number of aryl methyl sites for hydroxylation is 1. The van der Waals surface area contributed by atoms with Gasteiger partial charge >= 0.3 is 5.97 Å². The summed E-state index contributed by atoms with van der Waals surface area (Å²) in [5, 5.41) is 21.5. The average Bonchev–Trinajstić information content (AvgIpc) is 2.50. The highest BCUT2D eigenvalue weighted by Crippen LogP contribution is 2.34. The van der Waals surface area contributed by atoms with E-state index < -0.39 is 12.1 Å². The number of benzene rings is 1. The van der Waals surface area contributed by atoms with Crippen LogP contribution in [-0.4, -0.2) is 49.1 Å². The lowest BCUT2D eigenvalue weighted by atomic mass is 9.87. The molecule has 1 aromatic rings. The molecule has 0 aromatic heterocycles. The number of fused-ring (bicyclic) bond motifs is 1. The van der Waals surface area contributed by atoms with Crippen LogP contribution in [0.1, 0.15) is 24.0 Å². The normalized spacial score (nSPS) is 17.6. The standard InChI is InChI=1S/C16H23NO5.ClH/c1-21-14-6-10-3-4-12(5-11(10)7-15(14)22-2)17-9-13(18)8-16(19)20;/h6-7,12-13,17-18H,3-5,8-9H2,1-2H3,(H,19,20);1H. The van der Waals surface area contributed by atoms with E-state index >= 15 is 0 Å². The van der Waals surface area contributed by atoms with Crippen LogP contribution in [-0.2, 0) is 17.6 Å². The highest BCUT2D eigenvalue weighted by molar-refractivity contribution is 5.85. The number of ether oxygens (including phenoxy) is 2. The third kappa shape index (κ3) is 5.27. The topological polar surface area (TPSA) is 88.0 Å². The summed E-state index contributed by atoms with van der Waals surface area (Å²) < 4.78 is 10.6. The molecular formula is C16H24ClNO5. The first-order valence-corrected chi connectivity index (χ1v) is 7.40. The van der Waals surface area contributed by atoms with Gasteiger partial charge in [-0.15, -0.1) is 12.4 Å². The van der Waals surface area contributed by atoms with Crippen LogP contribution in [0.2, 0.25) is 0 Å². The number of carboxylic acids is 1. The molecule has 2 atom stereocenters. The number of carbonyl (C=O) groups is 1. The number of carboxylic acid groups (broad SMARTS) is 1. The summed E-state index contributed by atoms with van der Waals surface area (Å²) in [5.41, 5.74) is 2.45. The van der Waals surface area contributed by atoms with Crippen molar-refractivity contribution in [2.45, 2.75) is 37.8 Å². The lowest BCUT2D eigenvalue weighted by Crippen LogP contribution is -2.39. The molecule has 0 saturated carbocycles. The van der Waals surface area contributed by atoms with Gasteiger partial charge < -0.3 is 25.0 Å². The zero-order valence-electron chi connectivity index (χ0n) is 13.4. The summed E-state index contributed by atoms with van der Waals surface area (Å²) in [7, 11) is 3.24. The number of nitrogens with one attached hydrogen (secondary N) is 1. The van der Waals surface area contributed by atoms with Crippen LogP contribution in [0.4, 0.5) is 0 Å². The second-order valence-corrected chi connectivity index (χ2v) is 5.58. The van der Waals surface area contributed by atoms with Gasteiger partial charge in [-0.1, -0.05) is 0 Å². The Morgan fingerprint density at radius 3 is 2.48 bits per heavy atom. The first-order valence-electron chi connectivity index (χ1n) is 7.40. The third-order valence-electron chi connectivity index (χ3n) is 3.99. The summed E-state index contributed by atoms with van der Waals surface area (Å²) >= 11 is 0. The van der Waals surface area contributed by atoms with E-state index in [1.165, 1.54) is 11.1 Å². The fourth-order valence-electron chi connectivity index (χ4n) is 2.83. The maximum Gasteiger partial charge on any atom is 0.306 e. The molecule has 0 radical (unpaired) electrons. The zero-order valence-corrected chi connectivity index (χ0v) is 14.2. The van der Waals surface area contributed by atoms with Crippen molar-refractivity contribution in [1.82, 2.24) is 5.32 Å². The van der Waals surface area contributed by atoms with E-state index in [-0.39, 0.29) is 24.9 Å². The molecule has 0 spiro atoms. The second-order valence-electron chi connectivity index (χ2n) is 5.58. The summed E-state index contributed by atoms with van der Waals surface area (Å²) in [4.78, 5) is 10.5. The van der Waals surface area contributed by atoms with Crippen LogP contribution in [0.25, 0.3) is 0 Å². The highest BCUT2D eigenvalue weighted by atomic mass is 35.5. The zero-order chi connectivity index (χ0) is 16.1. The summed E-state index contributed by atoms with van der Waals surface area (Å²) in [5.74, 6) is 0.470. The van der Waals surface area contributed by atoms with E-state index in [0.717, 1.165) is 25.0 Å². The predicted molar refractivity (Wildman–Crippen MR) is 88.9 cm³/mol. The molecule has 1 aliphatic rings. The van der Waals surface area contributed by atoms with Crippen LogP contribution in [0.3, 0.4) is 0 Å². The van der Waals surface area contributed by atoms with Crippen LogP contribution in [0.15, 0.2) is 12.1 Å². The Balaban J connectivity index is 0.00000264. The van der Waals surface area contributed by atoms with Crippen molar-refractivity contribution >= 4 is 18.4 Å². The van der Waals surface area contributed by atoms with Crippen molar-refractivity contribution in [3.8, 4) is 11.5 Å². The summed E-state index contributed by atoms with van der Waals surface area (Å²) in [6, 6.07) is 4.24. The monoisotopic (exact) mass is 345 g/mol. The third-order valence-corrected chi connectivity index (χ3v) is 3.99. The van der Waals surface area contributed by atoms with Gasteiger partial charge in [0.05, 0.1) is 26.7 Å². The summed E-state index contributed by atoms with van der Waals surface area (Å²) in [6.07, 6.45) is 1.60. The molecule has 3 N–H and O–H groups in total. The van der Waals surface area contributed by atoms with Gasteiger partial charge in [0.2, 0.25) is 0 Å². The SMILES string of the molecule is COc1cc2c(cc1OC)CC(NCC(O)CC(=O)O)CC2.Cl. The number of hydrogen-bond acceptors (Lipinski definition) is 5. The molecule has 7 heteroatoms. The van der Waals surface area contributed by atoms with E-state index in [2.05, 4.69) is 5.32 Å². The van der Waals surface area contributed by atoms with E-state index in [0.29, 0.717) is 12.3 Å². The number of aliphatic carboxylic acids is 1. The number of methoxy groups -OCH3 is 2. The predicted octanol–water partition coefficient (Wildman–Crippen LogP) is 1.41. The molecule has 2 unspecified atom stereocenters. The molecule has 2 rings (SSSR count). The number of aliphatic hydroxyl groups is 1. The number of halogens is 1. The van der Waals surface area contributed by atoms with Gasteiger partial charge in [-0.25, -0.2) is 0 Å². The Morgan fingerprint density at radius 1 is 1.30 bits per heavy atom. The molecule has 0 saturated heterocycles. The molecule has 0 fully saturated rings. The van der Waals surface area contributed by atoms with Crippen LogP contribution in [0, 0.1) is 0 Å². The second kappa shape index (κ2) is 8.96. The van der Waals surface area contributed by atoms with Gasteiger partial charge in [0.25, 0.3) is 0 Å². The largest absolute Gasteiger partial charge is 0.493 e. The first kappa shape index (κ1) is 19.5. The maximum atomic E-state index is 10.5. The van der Waals surface area contributed by atoms with Crippen LogP contribution < -0.4 is 14.8 Å². The number of hydrogen-bond donors (Lipinski definition) is 3. The van der Waals surface area contributed by atoms with E-state index in [9.17, 15) is 9.90 Å². The van der Waals surface area contributed by atoms with Crippen molar-refractivity contribution in [2.75, 3.05) is 20.8 Å². The van der Waals surface area contributed by atoms with E-state index in [1.807, 2.05) is 12.1 Å². The minimum absolute atomic E-state index is 0. The lowest BCUT2D eigenvalue weighted by Gasteiger charge is -2.27. The maximum absolute atomic E-state index is 10.5. The number of aliphatic hydroxyl groups excluding tert-OH is 1. The average molecular weight is 346 g/mol. The first-order chi connectivity index (χ1) is 10.5. The quantitative estimate of drug-likeness (QED) is 0.692. The van der Waals surface area contributed by atoms with Gasteiger partial charge in [-0.3, -0.25) is 4.79 Å². The molecular weight excluding hydrogens is 322 g/mol. The Labute approximate surface area is 142 Å². The highest BCUT2D eigenvalue weighted by Gasteiger charge is 2.22. The van der Waals surface area contributed by atoms with Crippen molar-refractivity contribution in [1.29, 1.82) is 0 Å². The van der Waals surface area contributed by atoms with Crippen molar-refractivity contribution < 1.29 is 24.5 Å². The molecule has 6 nitrogen and oxygen atoms in total. The Kier molecular flexibility index (Phi) is 7.61. The smallest absolute Gasteiger partial charge is 0.306 e. The lowest BCUT2D eigenvalue weighted by molar-refractivity contribution is -0.139. The number of rotatable bonds is 7. The minimum Gasteiger partial charge on any atom is -0.493 e. The van der Waals surface area contributed by atoms with Gasteiger partial charge in [0.15, 0.2) is 11.5 Å². The van der Waals surface area contributed by atoms with E-state index in [4.69, 9.17) is 14.6 Å². The van der Waals surface area contributed by atoms with E-state index in [1.54, 1.807) is 14.2 Å². The fourth-order valence-corrected chi connectivity index (χ4v) is 2.83. The van der Waals surface area contributed by atoms with Gasteiger partial charge in [-0.05, 0) is 42.5 Å². The molecule has 0 aliphatic heterocycles. The van der Waals surface area contributed by atoms with Gasteiger partial charge in [0, 0.05) is 12.6 Å².